The molecule has 1 aromatic rings. The molecule has 1 amide bonds. The molecule has 0 saturated carbocycles. The highest BCUT2D eigenvalue weighted by atomic mass is 19.4. The molecule has 1 saturated heterocycles. The third-order valence-electron chi connectivity index (χ3n) is 4.59. The molecule has 0 aromatic heterocycles. The molecule has 0 bridgehead atoms. The lowest BCUT2D eigenvalue weighted by atomic mass is 9.97. The van der Waals surface area contributed by atoms with Crippen molar-refractivity contribution in [3.8, 4) is 11.5 Å². The largest absolute Gasteiger partial charge is 0.486 e. The molecule has 25 heavy (non-hydrogen) atoms. The highest BCUT2D eigenvalue weighted by molar-refractivity contribution is 5.74. The normalized spacial score (nSPS) is 23.4. The molecule has 2 aliphatic heterocycles. The van der Waals surface area contributed by atoms with Gasteiger partial charge < -0.3 is 19.7 Å². The summed E-state index contributed by atoms with van der Waals surface area (Å²) in [7, 11) is 0. The van der Waals surface area contributed by atoms with E-state index in [-0.39, 0.29) is 19.0 Å². The van der Waals surface area contributed by atoms with E-state index >= 15 is 0 Å². The van der Waals surface area contributed by atoms with E-state index in [1.54, 1.807) is 0 Å². The number of likely N-dealkylation sites (tertiary alicyclic amines) is 1. The van der Waals surface area contributed by atoms with Gasteiger partial charge in [-0.3, -0.25) is 4.79 Å². The fourth-order valence-corrected chi connectivity index (χ4v) is 3.35. The van der Waals surface area contributed by atoms with E-state index in [1.165, 1.54) is 6.92 Å². The minimum absolute atomic E-state index is 0.0475. The third kappa shape index (κ3) is 4.00. The average molecular weight is 358 g/mol. The zero-order valence-electron chi connectivity index (χ0n) is 13.9. The van der Waals surface area contributed by atoms with Crippen molar-refractivity contribution in [3.05, 3.63) is 23.8 Å². The minimum Gasteiger partial charge on any atom is -0.486 e. The highest BCUT2D eigenvalue weighted by Crippen LogP contribution is 2.34. The van der Waals surface area contributed by atoms with Gasteiger partial charge >= 0.3 is 6.18 Å². The Bertz CT molecular complexity index is 636. The maximum atomic E-state index is 13.1. The SMILES string of the molecule is CC(=O)N1CC(NCc2cccc3c2OCCO3)CCC1C(F)(F)F. The first kappa shape index (κ1) is 17.8. The van der Waals surface area contributed by atoms with Gasteiger partial charge in [-0.25, -0.2) is 0 Å². The first-order valence-electron chi connectivity index (χ1n) is 8.31. The number of piperidine rings is 1. The number of para-hydroxylation sites is 1. The van der Waals surface area contributed by atoms with Crippen molar-refractivity contribution in [2.75, 3.05) is 19.8 Å². The summed E-state index contributed by atoms with van der Waals surface area (Å²) in [5.74, 6) is 0.799. The van der Waals surface area contributed by atoms with Gasteiger partial charge in [0.2, 0.25) is 5.91 Å². The number of carbonyl (C=O) groups is 1. The van der Waals surface area contributed by atoms with Crippen molar-refractivity contribution in [1.82, 2.24) is 10.2 Å². The Morgan fingerprint density at radius 1 is 1.28 bits per heavy atom. The van der Waals surface area contributed by atoms with E-state index in [4.69, 9.17) is 9.47 Å². The van der Waals surface area contributed by atoms with Crippen molar-refractivity contribution >= 4 is 5.91 Å². The average Bonchev–Trinajstić information content (AvgIpc) is 2.58. The second kappa shape index (κ2) is 7.11. The molecule has 0 radical (unpaired) electrons. The number of nitrogens with zero attached hydrogens (tertiary/aromatic N) is 1. The molecule has 2 unspecified atom stereocenters. The standard InChI is InChI=1S/C17H21F3N2O3/c1-11(23)22-10-13(5-6-15(22)17(18,19)20)21-9-12-3-2-4-14-16(12)25-8-7-24-14/h2-4,13,15,21H,5-10H2,1H3. The number of fused-ring (bicyclic) bond motifs is 1. The zero-order chi connectivity index (χ0) is 18.0. The summed E-state index contributed by atoms with van der Waals surface area (Å²) in [6.07, 6.45) is -4.12. The number of hydrogen-bond donors (Lipinski definition) is 1. The minimum atomic E-state index is -4.39. The summed E-state index contributed by atoms with van der Waals surface area (Å²) in [6.45, 7) is 2.64. The van der Waals surface area contributed by atoms with Crippen LogP contribution in [0, 0.1) is 0 Å². The molecule has 2 heterocycles. The Morgan fingerprint density at radius 3 is 2.76 bits per heavy atom. The second-order valence-electron chi connectivity index (χ2n) is 6.33. The molecule has 1 fully saturated rings. The molecule has 0 spiro atoms. The van der Waals surface area contributed by atoms with Crippen LogP contribution in [0.5, 0.6) is 11.5 Å². The van der Waals surface area contributed by atoms with E-state index in [0.29, 0.717) is 37.7 Å². The summed E-state index contributed by atoms with van der Waals surface area (Å²) in [4.78, 5) is 12.5. The van der Waals surface area contributed by atoms with Crippen LogP contribution in [-0.2, 0) is 11.3 Å². The van der Waals surface area contributed by atoms with Gasteiger partial charge in [0.15, 0.2) is 11.5 Å². The van der Waals surface area contributed by atoms with Gasteiger partial charge in [0.25, 0.3) is 0 Å². The molecular weight excluding hydrogens is 337 g/mol. The van der Waals surface area contributed by atoms with Crippen LogP contribution in [0.1, 0.15) is 25.3 Å². The van der Waals surface area contributed by atoms with E-state index in [9.17, 15) is 18.0 Å². The Kier molecular flexibility index (Phi) is 5.08. The Balaban J connectivity index is 1.64. The topological polar surface area (TPSA) is 50.8 Å². The fourth-order valence-electron chi connectivity index (χ4n) is 3.35. The van der Waals surface area contributed by atoms with Gasteiger partial charge in [0.1, 0.15) is 19.3 Å². The van der Waals surface area contributed by atoms with Crippen LogP contribution in [0.2, 0.25) is 0 Å². The molecule has 5 nitrogen and oxygen atoms in total. The maximum Gasteiger partial charge on any atom is 0.408 e. The number of benzene rings is 1. The first-order valence-corrected chi connectivity index (χ1v) is 8.31. The van der Waals surface area contributed by atoms with Gasteiger partial charge in [-0.05, 0) is 18.9 Å². The number of halogens is 3. The third-order valence-corrected chi connectivity index (χ3v) is 4.59. The Hall–Kier alpha value is -1.96. The number of amides is 1. The van der Waals surface area contributed by atoms with Crippen LogP contribution < -0.4 is 14.8 Å². The number of carbonyl (C=O) groups excluding carboxylic acids is 1. The van der Waals surface area contributed by atoms with Crippen LogP contribution in [0.4, 0.5) is 13.2 Å². The Labute approximate surface area is 144 Å². The van der Waals surface area contributed by atoms with Crippen LogP contribution in [-0.4, -0.2) is 48.8 Å². The summed E-state index contributed by atoms with van der Waals surface area (Å²) in [6, 6.07) is 3.69. The number of hydrogen-bond acceptors (Lipinski definition) is 4. The fraction of sp³-hybridized carbons (Fsp3) is 0.588. The van der Waals surface area contributed by atoms with E-state index < -0.39 is 18.1 Å². The number of alkyl halides is 3. The molecule has 1 aromatic carbocycles. The van der Waals surface area contributed by atoms with Crippen LogP contribution in [0.3, 0.4) is 0 Å². The Morgan fingerprint density at radius 2 is 2.04 bits per heavy atom. The maximum absolute atomic E-state index is 13.1. The van der Waals surface area contributed by atoms with Crippen molar-refractivity contribution in [2.24, 2.45) is 0 Å². The molecule has 2 atom stereocenters. The number of rotatable bonds is 3. The van der Waals surface area contributed by atoms with E-state index in [0.717, 1.165) is 10.5 Å². The predicted molar refractivity (Wildman–Crippen MR) is 84.5 cm³/mol. The lowest BCUT2D eigenvalue weighted by Crippen LogP contribution is -2.57. The molecule has 1 N–H and O–H groups in total. The van der Waals surface area contributed by atoms with E-state index in [1.807, 2.05) is 18.2 Å². The summed E-state index contributed by atoms with van der Waals surface area (Å²) in [5, 5.41) is 3.25. The quantitative estimate of drug-likeness (QED) is 0.902. The summed E-state index contributed by atoms with van der Waals surface area (Å²) < 4.78 is 50.4. The van der Waals surface area contributed by atoms with Crippen molar-refractivity contribution < 1.29 is 27.4 Å². The van der Waals surface area contributed by atoms with Gasteiger partial charge in [0.05, 0.1) is 0 Å². The van der Waals surface area contributed by atoms with Gasteiger partial charge in [0, 0.05) is 31.6 Å². The van der Waals surface area contributed by atoms with E-state index in [2.05, 4.69) is 5.32 Å². The van der Waals surface area contributed by atoms with Gasteiger partial charge in [-0.1, -0.05) is 12.1 Å². The number of ether oxygens (including phenoxy) is 2. The van der Waals surface area contributed by atoms with Crippen molar-refractivity contribution in [2.45, 2.75) is 44.6 Å². The molecule has 0 aliphatic carbocycles. The molecule has 3 rings (SSSR count). The lowest BCUT2D eigenvalue weighted by Gasteiger charge is -2.40. The first-order chi connectivity index (χ1) is 11.9. The number of nitrogens with one attached hydrogen (secondary N) is 1. The molecule has 2 aliphatic rings. The predicted octanol–water partition coefficient (Wildman–Crippen LogP) is 2.49. The van der Waals surface area contributed by atoms with Crippen LogP contribution >= 0.6 is 0 Å². The second-order valence-corrected chi connectivity index (χ2v) is 6.33. The smallest absolute Gasteiger partial charge is 0.408 e. The molecule has 138 valence electrons. The zero-order valence-corrected chi connectivity index (χ0v) is 13.9. The van der Waals surface area contributed by atoms with Gasteiger partial charge in [-0.15, -0.1) is 0 Å². The van der Waals surface area contributed by atoms with Crippen LogP contribution in [0.25, 0.3) is 0 Å². The molecular formula is C17H21F3N2O3. The van der Waals surface area contributed by atoms with Gasteiger partial charge in [-0.2, -0.15) is 13.2 Å². The van der Waals surface area contributed by atoms with Crippen molar-refractivity contribution in [1.29, 1.82) is 0 Å². The van der Waals surface area contributed by atoms with Crippen molar-refractivity contribution in [3.63, 3.8) is 0 Å². The highest BCUT2D eigenvalue weighted by Gasteiger charge is 2.47. The lowest BCUT2D eigenvalue weighted by molar-refractivity contribution is -0.196. The summed E-state index contributed by atoms with van der Waals surface area (Å²) >= 11 is 0. The summed E-state index contributed by atoms with van der Waals surface area (Å²) in [5.41, 5.74) is 0.893. The molecule has 8 heteroatoms. The monoisotopic (exact) mass is 358 g/mol. The van der Waals surface area contributed by atoms with Crippen LogP contribution in [0.15, 0.2) is 18.2 Å².